The Morgan fingerprint density at radius 2 is 2.18 bits per heavy atom. The van der Waals surface area contributed by atoms with Gasteiger partial charge in [0.05, 0.1) is 12.8 Å². The number of methoxy groups -OCH3 is 1. The van der Waals surface area contributed by atoms with Crippen molar-refractivity contribution in [2.45, 2.75) is 27.3 Å². The molecule has 0 bridgehead atoms. The summed E-state index contributed by atoms with van der Waals surface area (Å²) in [7, 11) is 1.60. The molecule has 1 aliphatic heterocycles. The third-order valence-electron chi connectivity index (χ3n) is 3.82. The number of rotatable bonds is 4. The lowest BCUT2D eigenvalue weighted by molar-refractivity contribution is -0.0271. The monoisotopic (exact) mass is 235 g/mol. The van der Waals surface area contributed by atoms with Crippen LogP contribution in [0.1, 0.15) is 26.5 Å². The summed E-state index contributed by atoms with van der Waals surface area (Å²) in [4.78, 5) is 10.8. The van der Waals surface area contributed by atoms with Crippen LogP contribution in [0.25, 0.3) is 0 Å². The maximum absolute atomic E-state index is 5.03. The van der Waals surface area contributed by atoms with E-state index in [0.717, 1.165) is 31.2 Å². The van der Waals surface area contributed by atoms with Gasteiger partial charge in [0.1, 0.15) is 0 Å². The highest BCUT2D eigenvalue weighted by atomic mass is 16.5. The Kier molecular flexibility index (Phi) is 3.33. The summed E-state index contributed by atoms with van der Waals surface area (Å²) < 4.78 is 5.03. The molecule has 4 nitrogen and oxygen atoms in total. The molecule has 94 valence electrons. The second-order valence-electron chi connectivity index (χ2n) is 5.49. The molecule has 1 aromatic rings. The number of nitrogens with zero attached hydrogens (tertiary/aromatic N) is 3. The van der Waals surface area contributed by atoms with Gasteiger partial charge in [-0.05, 0) is 17.4 Å². The van der Waals surface area contributed by atoms with Gasteiger partial charge in [-0.3, -0.25) is 4.90 Å². The Balaban J connectivity index is 1.91. The second-order valence-corrected chi connectivity index (χ2v) is 5.49. The maximum atomic E-state index is 5.03. The summed E-state index contributed by atoms with van der Waals surface area (Å²) in [6, 6.07) is 2.41. The van der Waals surface area contributed by atoms with Crippen LogP contribution in [0.15, 0.2) is 12.3 Å². The van der Waals surface area contributed by atoms with Crippen molar-refractivity contribution in [1.82, 2.24) is 14.9 Å². The van der Waals surface area contributed by atoms with Gasteiger partial charge in [-0.15, -0.1) is 0 Å². The van der Waals surface area contributed by atoms with Gasteiger partial charge in [0.2, 0.25) is 0 Å². The topological polar surface area (TPSA) is 38.2 Å². The number of hydrogen-bond donors (Lipinski definition) is 0. The fourth-order valence-electron chi connectivity index (χ4n) is 2.24. The third-order valence-corrected chi connectivity index (χ3v) is 3.82. The number of likely N-dealkylation sites (tertiary alicyclic amines) is 1. The fourth-order valence-corrected chi connectivity index (χ4v) is 2.24. The van der Waals surface area contributed by atoms with Crippen LogP contribution in [0.2, 0.25) is 0 Å². The molecule has 1 aromatic heterocycles. The molecule has 0 atom stereocenters. The molecule has 4 heteroatoms. The lowest BCUT2D eigenvalue weighted by Gasteiger charge is -2.50. The SMILES string of the molecule is COc1nccc(CN2CC(C)(C(C)C)C2)n1. The number of hydrogen-bond acceptors (Lipinski definition) is 4. The third kappa shape index (κ3) is 2.57. The first-order valence-corrected chi connectivity index (χ1v) is 6.12. The molecule has 0 radical (unpaired) electrons. The van der Waals surface area contributed by atoms with E-state index in [9.17, 15) is 0 Å². The van der Waals surface area contributed by atoms with Crippen LogP contribution in [0.4, 0.5) is 0 Å². The molecule has 1 aliphatic rings. The molecule has 2 rings (SSSR count). The zero-order valence-corrected chi connectivity index (χ0v) is 11.1. The van der Waals surface area contributed by atoms with Gasteiger partial charge in [0, 0.05) is 25.8 Å². The first kappa shape index (κ1) is 12.3. The summed E-state index contributed by atoms with van der Waals surface area (Å²) in [6.07, 6.45) is 1.75. The van der Waals surface area contributed by atoms with E-state index in [-0.39, 0.29) is 0 Å². The molecular weight excluding hydrogens is 214 g/mol. The first-order valence-electron chi connectivity index (χ1n) is 6.12. The van der Waals surface area contributed by atoms with E-state index < -0.39 is 0 Å². The molecule has 1 saturated heterocycles. The molecule has 0 amide bonds. The van der Waals surface area contributed by atoms with Gasteiger partial charge in [-0.1, -0.05) is 20.8 Å². The molecule has 0 spiro atoms. The van der Waals surface area contributed by atoms with Gasteiger partial charge < -0.3 is 4.74 Å². The van der Waals surface area contributed by atoms with Crippen molar-refractivity contribution < 1.29 is 4.74 Å². The van der Waals surface area contributed by atoms with Crippen molar-refractivity contribution in [3.8, 4) is 6.01 Å². The molecule has 0 saturated carbocycles. The minimum Gasteiger partial charge on any atom is -0.467 e. The van der Waals surface area contributed by atoms with Gasteiger partial charge >= 0.3 is 6.01 Å². The van der Waals surface area contributed by atoms with E-state index in [2.05, 4.69) is 35.6 Å². The normalized spacial score (nSPS) is 19.1. The smallest absolute Gasteiger partial charge is 0.316 e. The molecule has 0 N–H and O–H groups in total. The van der Waals surface area contributed by atoms with E-state index in [1.54, 1.807) is 13.3 Å². The van der Waals surface area contributed by atoms with Crippen molar-refractivity contribution >= 4 is 0 Å². The van der Waals surface area contributed by atoms with Crippen molar-refractivity contribution in [2.24, 2.45) is 11.3 Å². The van der Waals surface area contributed by atoms with Gasteiger partial charge in [0.25, 0.3) is 0 Å². The lowest BCUT2D eigenvalue weighted by atomic mass is 9.72. The van der Waals surface area contributed by atoms with Crippen LogP contribution in [0.3, 0.4) is 0 Å². The van der Waals surface area contributed by atoms with Gasteiger partial charge in [-0.2, -0.15) is 4.98 Å². The van der Waals surface area contributed by atoms with E-state index in [1.165, 1.54) is 0 Å². The minimum atomic E-state index is 0.453. The van der Waals surface area contributed by atoms with Crippen LogP contribution < -0.4 is 4.74 Å². The molecule has 1 fully saturated rings. The standard InChI is InChI=1S/C13H21N3O/c1-10(2)13(3)8-16(9-13)7-11-5-6-14-12(15-11)17-4/h5-6,10H,7-9H2,1-4H3. The summed E-state index contributed by atoms with van der Waals surface area (Å²) in [5.74, 6) is 0.735. The molecule has 0 aliphatic carbocycles. The average Bonchev–Trinajstić information content (AvgIpc) is 2.27. The Morgan fingerprint density at radius 1 is 1.47 bits per heavy atom. The summed E-state index contributed by atoms with van der Waals surface area (Å²) in [5, 5.41) is 0. The second kappa shape index (κ2) is 4.61. The Bertz CT molecular complexity index is 386. The van der Waals surface area contributed by atoms with Crippen molar-refractivity contribution in [3.05, 3.63) is 18.0 Å². The summed E-state index contributed by atoms with van der Waals surface area (Å²) in [5.41, 5.74) is 1.50. The van der Waals surface area contributed by atoms with Crippen molar-refractivity contribution in [1.29, 1.82) is 0 Å². The van der Waals surface area contributed by atoms with Crippen LogP contribution in [-0.4, -0.2) is 35.1 Å². The average molecular weight is 235 g/mol. The van der Waals surface area contributed by atoms with Crippen LogP contribution >= 0.6 is 0 Å². The van der Waals surface area contributed by atoms with E-state index in [0.29, 0.717) is 11.4 Å². The number of ether oxygens (including phenoxy) is 1. The van der Waals surface area contributed by atoms with Crippen molar-refractivity contribution in [3.63, 3.8) is 0 Å². The molecular formula is C13H21N3O. The van der Waals surface area contributed by atoms with E-state index in [4.69, 9.17) is 4.74 Å². The predicted octanol–water partition coefficient (Wildman–Crippen LogP) is 1.96. The highest BCUT2D eigenvalue weighted by molar-refractivity contribution is 5.07. The van der Waals surface area contributed by atoms with E-state index in [1.807, 2.05) is 6.07 Å². The lowest BCUT2D eigenvalue weighted by Crippen LogP contribution is -2.56. The van der Waals surface area contributed by atoms with Crippen LogP contribution in [-0.2, 0) is 6.54 Å². The summed E-state index contributed by atoms with van der Waals surface area (Å²) in [6.45, 7) is 10.1. The maximum Gasteiger partial charge on any atom is 0.316 e. The first-order chi connectivity index (χ1) is 8.03. The van der Waals surface area contributed by atoms with Gasteiger partial charge in [0.15, 0.2) is 0 Å². The Labute approximate surface area is 103 Å². The van der Waals surface area contributed by atoms with Gasteiger partial charge in [-0.25, -0.2) is 4.98 Å². The Hall–Kier alpha value is -1.16. The molecule has 0 aromatic carbocycles. The summed E-state index contributed by atoms with van der Waals surface area (Å²) >= 11 is 0. The largest absolute Gasteiger partial charge is 0.467 e. The zero-order valence-electron chi connectivity index (χ0n) is 11.1. The predicted molar refractivity (Wildman–Crippen MR) is 66.8 cm³/mol. The van der Waals surface area contributed by atoms with Crippen LogP contribution in [0, 0.1) is 11.3 Å². The Morgan fingerprint density at radius 3 is 2.76 bits per heavy atom. The molecule has 0 unspecified atom stereocenters. The minimum absolute atomic E-state index is 0.453. The number of aromatic nitrogens is 2. The van der Waals surface area contributed by atoms with Crippen LogP contribution in [0.5, 0.6) is 6.01 Å². The highest BCUT2D eigenvalue weighted by Gasteiger charge is 2.40. The molecule has 2 heterocycles. The fraction of sp³-hybridized carbons (Fsp3) is 0.692. The zero-order chi connectivity index (χ0) is 12.5. The van der Waals surface area contributed by atoms with E-state index >= 15 is 0 Å². The van der Waals surface area contributed by atoms with Crippen molar-refractivity contribution in [2.75, 3.05) is 20.2 Å². The quantitative estimate of drug-likeness (QED) is 0.799. The highest BCUT2D eigenvalue weighted by Crippen LogP contribution is 2.37. The molecule has 17 heavy (non-hydrogen) atoms.